The number of carbonyl (C=O) groups excluding carboxylic acids is 1. The zero-order chi connectivity index (χ0) is 11.3. The van der Waals surface area contributed by atoms with Crippen LogP contribution in [0.15, 0.2) is 18.3 Å². The van der Waals surface area contributed by atoms with Crippen LogP contribution in [-0.2, 0) is 4.79 Å². The summed E-state index contributed by atoms with van der Waals surface area (Å²) in [6.45, 7) is -0.234. The lowest BCUT2D eigenvalue weighted by atomic mass is 10.3. The first kappa shape index (κ1) is 11.0. The Kier molecular flexibility index (Phi) is 3.61. The zero-order valence-electron chi connectivity index (χ0n) is 8.06. The van der Waals surface area contributed by atoms with E-state index in [1.54, 1.807) is 0 Å². The second-order valence-corrected chi connectivity index (χ2v) is 2.62. The highest BCUT2D eigenvalue weighted by Gasteiger charge is 2.12. The summed E-state index contributed by atoms with van der Waals surface area (Å²) in [5.41, 5.74) is -0.207. The Morgan fingerprint density at radius 1 is 1.60 bits per heavy atom. The van der Waals surface area contributed by atoms with Crippen molar-refractivity contribution in [2.45, 2.75) is 0 Å². The maximum absolute atomic E-state index is 10.9. The predicted octanol–water partition coefficient (Wildman–Crippen LogP) is -0.0954. The van der Waals surface area contributed by atoms with E-state index in [1.165, 1.54) is 25.4 Å². The van der Waals surface area contributed by atoms with Gasteiger partial charge in [-0.25, -0.2) is 9.78 Å². The van der Waals surface area contributed by atoms with Gasteiger partial charge in [-0.3, -0.25) is 4.79 Å². The summed E-state index contributed by atoms with van der Waals surface area (Å²) >= 11 is 0. The fraction of sp³-hybridized carbons (Fsp3) is 0.222. The first-order chi connectivity index (χ1) is 7.15. The lowest BCUT2D eigenvalue weighted by Crippen LogP contribution is -2.25. The van der Waals surface area contributed by atoms with E-state index in [2.05, 4.69) is 10.3 Å². The molecule has 1 aromatic rings. The van der Waals surface area contributed by atoms with Crippen LogP contribution in [0.1, 0.15) is 10.5 Å². The lowest BCUT2D eigenvalue weighted by molar-refractivity contribution is -0.122. The van der Waals surface area contributed by atoms with Crippen molar-refractivity contribution >= 4 is 11.9 Å². The summed E-state index contributed by atoms with van der Waals surface area (Å²) in [5.74, 6) is -1.45. The van der Waals surface area contributed by atoms with Gasteiger partial charge < -0.3 is 15.2 Å². The van der Waals surface area contributed by atoms with Crippen LogP contribution < -0.4 is 10.1 Å². The van der Waals surface area contributed by atoms with Crippen molar-refractivity contribution < 1.29 is 19.4 Å². The van der Waals surface area contributed by atoms with Gasteiger partial charge in [0.1, 0.15) is 0 Å². The molecule has 0 spiro atoms. The van der Waals surface area contributed by atoms with E-state index in [0.29, 0.717) is 0 Å². The van der Waals surface area contributed by atoms with E-state index in [1.807, 2.05) is 0 Å². The minimum absolute atomic E-state index is 0.0774. The van der Waals surface area contributed by atoms with Crippen LogP contribution in [0.5, 0.6) is 5.75 Å². The van der Waals surface area contributed by atoms with E-state index in [4.69, 9.17) is 9.84 Å². The Morgan fingerprint density at radius 2 is 2.33 bits per heavy atom. The molecule has 0 radical (unpaired) electrons. The second-order valence-electron chi connectivity index (χ2n) is 2.62. The molecule has 1 amide bonds. The highest BCUT2D eigenvalue weighted by Crippen LogP contribution is 2.14. The van der Waals surface area contributed by atoms with Crippen molar-refractivity contribution in [3.8, 4) is 5.75 Å². The van der Waals surface area contributed by atoms with Gasteiger partial charge in [-0.1, -0.05) is 0 Å². The van der Waals surface area contributed by atoms with E-state index in [-0.39, 0.29) is 24.0 Å². The van der Waals surface area contributed by atoms with E-state index in [9.17, 15) is 9.59 Å². The fourth-order valence-corrected chi connectivity index (χ4v) is 0.883. The molecule has 0 unspecified atom stereocenters. The monoisotopic (exact) mass is 210 g/mol. The molecule has 0 aliphatic rings. The Morgan fingerprint density at radius 3 is 2.93 bits per heavy atom. The largest absolute Gasteiger partial charge is 0.481 e. The number of nitrogens with one attached hydrogen (secondary N) is 1. The van der Waals surface area contributed by atoms with Crippen LogP contribution >= 0.6 is 0 Å². The third kappa shape index (κ3) is 2.94. The molecule has 80 valence electrons. The molecule has 0 saturated heterocycles. The molecule has 0 aliphatic carbocycles. The van der Waals surface area contributed by atoms with Crippen LogP contribution in [0.4, 0.5) is 0 Å². The van der Waals surface area contributed by atoms with Crippen molar-refractivity contribution in [2.75, 3.05) is 13.7 Å². The van der Waals surface area contributed by atoms with E-state index < -0.39 is 5.97 Å². The molecule has 0 aromatic carbocycles. The fourth-order valence-electron chi connectivity index (χ4n) is 0.883. The molecule has 6 heteroatoms. The molecule has 6 nitrogen and oxygen atoms in total. The van der Waals surface area contributed by atoms with Gasteiger partial charge in [-0.05, 0) is 12.1 Å². The van der Waals surface area contributed by atoms with Gasteiger partial charge in [0, 0.05) is 13.2 Å². The van der Waals surface area contributed by atoms with Crippen LogP contribution in [0.25, 0.3) is 0 Å². The number of nitrogens with zero attached hydrogens (tertiary/aromatic N) is 1. The predicted molar refractivity (Wildman–Crippen MR) is 50.8 cm³/mol. The molecule has 2 N–H and O–H groups in total. The number of rotatable bonds is 4. The third-order valence-corrected chi connectivity index (χ3v) is 1.61. The molecule has 0 bridgehead atoms. The van der Waals surface area contributed by atoms with Gasteiger partial charge in [0.2, 0.25) is 0 Å². The molecule has 0 aliphatic heterocycles. The number of amides is 1. The Balaban J connectivity index is 2.76. The number of carboxylic acids is 1. The van der Waals surface area contributed by atoms with Gasteiger partial charge >= 0.3 is 5.97 Å². The van der Waals surface area contributed by atoms with E-state index >= 15 is 0 Å². The summed E-state index contributed by atoms with van der Waals surface area (Å²) in [4.78, 5) is 25.2. The van der Waals surface area contributed by atoms with Gasteiger partial charge in [0.05, 0.1) is 0 Å². The number of hydrogen-bond acceptors (Lipinski definition) is 4. The normalized spacial score (nSPS) is 9.40. The highest BCUT2D eigenvalue weighted by molar-refractivity contribution is 5.88. The van der Waals surface area contributed by atoms with Gasteiger partial charge in [0.15, 0.2) is 18.1 Å². The summed E-state index contributed by atoms with van der Waals surface area (Å²) in [6, 6.07) is 2.98. The SMILES string of the molecule is CNC(=O)COc1cccnc1C(=O)O. The molecule has 1 aromatic heterocycles. The Hall–Kier alpha value is -2.11. The molecule has 0 saturated carbocycles. The molecule has 0 atom stereocenters. The van der Waals surface area contributed by atoms with Crippen LogP contribution in [0.2, 0.25) is 0 Å². The maximum Gasteiger partial charge on any atom is 0.358 e. The second kappa shape index (κ2) is 4.94. The first-order valence-electron chi connectivity index (χ1n) is 4.17. The number of carboxylic acid groups (broad SMARTS) is 1. The van der Waals surface area contributed by atoms with E-state index in [0.717, 1.165) is 0 Å². The average Bonchev–Trinajstić information content (AvgIpc) is 2.26. The van der Waals surface area contributed by atoms with Crippen molar-refractivity contribution in [1.82, 2.24) is 10.3 Å². The third-order valence-electron chi connectivity index (χ3n) is 1.61. The number of aromatic nitrogens is 1. The van der Waals surface area contributed by atoms with Crippen LogP contribution in [0.3, 0.4) is 0 Å². The Labute approximate surface area is 85.9 Å². The topological polar surface area (TPSA) is 88.5 Å². The Bertz CT molecular complexity index is 378. The molecule has 15 heavy (non-hydrogen) atoms. The van der Waals surface area contributed by atoms with Crippen molar-refractivity contribution in [1.29, 1.82) is 0 Å². The number of ether oxygens (including phenoxy) is 1. The standard InChI is InChI=1S/C9H10N2O4/c1-10-7(12)5-15-6-3-2-4-11-8(6)9(13)14/h2-4H,5H2,1H3,(H,10,12)(H,13,14). The quantitative estimate of drug-likeness (QED) is 0.724. The number of pyridine rings is 1. The molecule has 1 rings (SSSR count). The lowest BCUT2D eigenvalue weighted by Gasteiger charge is -2.06. The zero-order valence-corrected chi connectivity index (χ0v) is 8.06. The molecule has 1 heterocycles. The highest BCUT2D eigenvalue weighted by atomic mass is 16.5. The van der Waals surface area contributed by atoms with Crippen LogP contribution in [-0.4, -0.2) is 35.6 Å². The molecular formula is C9H10N2O4. The van der Waals surface area contributed by atoms with Gasteiger partial charge in [-0.2, -0.15) is 0 Å². The number of carbonyl (C=O) groups is 2. The van der Waals surface area contributed by atoms with Gasteiger partial charge in [-0.15, -0.1) is 0 Å². The summed E-state index contributed by atoms with van der Waals surface area (Å²) in [6.07, 6.45) is 1.34. The average molecular weight is 210 g/mol. The summed E-state index contributed by atoms with van der Waals surface area (Å²) in [7, 11) is 1.47. The number of likely N-dealkylation sites (N-methyl/N-ethyl adjacent to an activating group) is 1. The minimum atomic E-state index is -1.19. The molecular weight excluding hydrogens is 200 g/mol. The summed E-state index contributed by atoms with van der Waals surface area (Å²) in [5, 5.41) is 11.1. The smallest absolute Gasteiger partial charge is 0.358 e. The first-order valence-corrected chi connectivity index (χ1v) is 4.17. The van der Waals surface area contributed by atoms with Crippen molar-refractivity contribution in [3.05, 3.63) is 24.0 Å². The van der Waals surface area contributed by atoms with Crippen molar-refractivity contribution in [3.63, 3.8) is 0 Å². The van der Waals surface area contributed by atoms with Gasteiger partial charge in [0.25, 0.3) is 5.91 Å². The molecule has 0 fully saturated rings. The van der Waals surface area contributed by atoms with Crippen LogP contribution in [0, 0.1) is 0 Å². The number of aromatic carboxylic acids is 1. The summed E-state index contributed by atoms with van der Waals surface area (Å²) < 4.78 is 5.00. The van der Waals surface area contributed by atoms with Crippen molar-refractivity contribution in [2.24, 2.45) is 0 Å². The number of hydrogen-bond donors (Lipinski definition) is 2. The maximum atomic E-state index is 10.9. The minimum Gasteiger partial charge on any atom is -0.481 e.